The first-order valence-corrected chi connectivity index (χ1v) is 5.11. The van der Waals surface area contributed by atoms with E-state index in [1.807, 2.05) is 18.2 Å². The van der Waals surface area contributed by atoms with Gasteiger partial charge in [-0.05, 0) is 18.2 Å². The number of fused-ring (bicyclic) bond motifs is 1. The maximum absolute atomic E-state index is 11.2. The maximum atomic E-state index is 11.2. The van der Waals surface area contributed by atoms with Gasteiger partial charge in [-0.1, -0.05) is 12.6 Å². The Labute approximate surface area is 98.9 Å². The number of aromatic nitrogens is 1. The van der Waals surface area contributed by atoms with Crippen molar-refractivity contribution in [2.75, 3.05) is 12.4 Å². The number of carbonyl (C=O) groups is 1. The number of hydrogen-bond acceptors (Lipinski definition) is 3. The first-order chi connectivity index (χ1) is 8.24. The summed E-state index contributed by atoms with van der Waals surface area (Å²) in [5.74, 6) is 0.373. The topological polar surface area (TPSA) is 51.2 Å². The number of anilines is 1. The number of hydrogen-bond donors (Lipinski definition) is 1. The minimum atomic E-state index is -0.254. The lowest BCUT2D eigenvalue weighted by Crippen LogP contribution is -2.07. The van der Waals surface area contributed by atoms with E-state index in [4.69, 9.17) is 4.74 Å². The molecule has 0 aliphatic heterocycles. The van der Waals surface area contributed by atoms with Crippen LogP contribution in [0.5, 0.6) is 5.75 Å². The lowest BCUT2D eigenvalue weighted by Gasteiger charge is -2.08. The van der Waals surface area contributed by atoms with Crippen molar-refractivity contribution in [2.45, 2.75) is 0 Å². The van der Waals surface area contributed by atoms with Crippen molar-refractivity contribution in [1.29, 1.82) is 0 Å². The van der Waals surface area contributed by atoms with E-state index in [9.17, 15) is 4.79 Å². The zero-order valence-electron chi connectivity index (χ0n) is 9.43. The molecule has 1 N–H and O–H groups in total. The number of pyridine rings is 1. The highest BCUT2D eigenvalue weighted by atomic mass is 16.5. The van der Waals surface area contributed by atoms with Crippen molar-refractivity contribution < 1.29 is 9.53 Å². The molecule has 0 aliphatic carbocycles. The molecule has 0 fully saturated rings. The standard InChI is InChI=1S/C13H12N2O2/c1-3-12(16)15-10-7-9-5-4-6-14-13(9)11(8-10)17-2/h3-8H,1H2,2H3,(H,15,16). The molecule has 0 aliphatic rings. The number of methoxy groups -OCH3 is 1. The lowest BCUT2D eigenvalue weighted by atomic mass is 10.2. The van der Waals surface area contributed by atoms with Gasteiger partial charge in [0.25, 0.3) is 0 Å². The van der Waals surface area contributed by atoms with Gasteiger partial charge in [0.2, 0.25) is 5.91 Å². The summed E-state index contributed by atoms with van der Waals surface area (Å²) < 4.78 is 5.24. The minimum absolute atomic E-state index is 0.254. The van der Waals surface area contributed by atoms with Crippen LogP contribution in [-0.2, 0) is 4.79 Å². The molecule has 2 rings (SSSR count). The molecule has 2 aromatic rings. The highest BCUT2D eigenvalue weighted by molar-refractivity contribution is 6.01. The molecule has 0 bridgehead atoms. The van der Waals surface area contributed by atoms with Crippen molar-refractivity contribution in [3.05, 3.63) is 43.1 Å². The maximum Gasteiger partial charge on any atom is 0.247 e. The molecular formula is C13H12N2O2. The average Bonchev–Trinajstić information content (AvgIpc) is 2.37. The number of nitrogens with one attached hydrogen (secondary N) is 1. The van der Waals surface area contributed by atoms with Crippen LogP contribution in [0, 0.1) is 0 Å². The van der Waals surface area contributed by atoms with Gasteiger partial charge in [0.05, 0.1) is 7.11 Å². The van der Waals surface area contributed by atoms with Crippen LogP contribution >= 0.6 is 0 Å². The van der Waals surface area contributed by atoms with Gasteiger partial charge in [0.15, 0.2) is 0 Å². The predicted molar refractivity (Wildman–Crippen MR) is 67.1 cm³/mol. The summed E-state index contributed by atoms with van der Waals surface area (Å²) in [6.45, 7) is 3.41. The van der Waals surface area contributed by atoms with Gasteiger partial charge in [-0.25, -0.2) is 0 Å². The van der Waals surface area contributed by atoms with E-state index in [-0.39, 0.29) is 5.91 Å². The van der Waals surface area contributed by atoms with Gasteiger partial charge in [-0.15, -0.1) is 0 Å². The molecule has 1 amide bonds. The Morgan fingerprint density at radius 1 is 1.53 bits per heavy atom. The monoisotopic (exact) mass is 228 g/mol. The molecule has 4 heteroatoms. The predicted octanol–water partition coefficient (Wildman–Crippen LogP) is 2.37. The molecule has 1 heterocycles. The molecule has 0 saturated carbocycles. The Hall–Kier alpha value is -2.36. The average molecular weight is 228 g/mol. The molecule has 0 atom stereocenters. The summed E-state index contributed by atoms with van der Waals surface area (Å²) in [6.07, 6.45) is 2.92. The summed E-state index contributed by atoms with van der Waals surface area (Å²) in [7, 11) is 1.57. The van der Waals surface area contributed by atoms with Gasteiger partial charge in [0, 0.05) is 23.3 Å². The number of nitrogens with zero attached hydrogens (tertiary/aromatic N) is 1. The first kappa shape index (κ1) is 11.1. The molecule has 0 unspecified atom stereocenters. The Kier molecular flexibility index (Phi) is 3.05. The van der Waals surface area contributed by atoms with E-state index in [1.54, 1.807) is 19.4 Å². The smallest absolute Gasteiger partial charge is 0.247 e. The number of benzene rings is 1. The second kappa shape index (κ2) is 4.65. The van der Waals surface area contributed by atoms with E-state index in [0.717, 1.165) is 10.9 Å². The van der Waals surface area contributed by atoms with Crippen molar-refractivity contribution in [3.8, 4) is 5.75 Å². The molecular weight excluding hydrogens is 216 g/mol. The molecule has 1 aromatic carbocycles. The van der Waals surface area contributed by atoms with Gasteiger partial charge in [-0.2, -0.15) is 0 Å². The van der Waals surface area contributed by atoms with Crippen molar-refractivity contribution in [2.24, 2.45) is 0 Å². The number of amides is 1. The Bertz CT molecular complexity index is 579. The van der Waals surface area contributed by atoms with Crippen LogP contribution < -0.4 is 10.1 Å². The first-order valence-electron chi connectivity index (χ1n) is 5.11. The second-order valence-corrected chi connectivity index (χ2v) is 3.45. The highest BCUT2D eigenvalue weighted by Crippen LogP contribution is 2.27. The van der Waals surface area contributed by atoms with Crippen LogP contribution in [0.1, 0.15) is 0 Å². The van der Waals surface area contributed by atoms with Gasteiger partial charge < -0.3 is 10.1 Å². The third kappa shape index (κ3) is 2.25. The van der Waals surface area contributed by atoms with E-state index in [2.05, 4.69) is 16.9 Å². The fraction of sp³-hybridized carbons (Fsp3) is 0.0769. The fourth-order valence-electron chi connectivity index (χ4n) is 1.58. The Morgan fingerprint density at radius 2 is 2.35 bits per heavy atom. The summed E-state index contributed by atoms with van der Waals surface area (Å²) in [6, 6.07) is 7.32. The molecule has 86 valence electrons. The van der Waals surface area contributed by atoms with Crippen LogP contribution in [-0.4, -0.2) is 18.0 Å². The third-order valence-corrected chi connectivity index (χ3v) is 2.34. The quantitative estimate of drug-likeness (QED) is 0.820. The summed E-state index contributed by atoms with van der Waals surface area (Å²) >= 11 is 0. The van der Waals surface area contributed by atoms with Crippen LogP contribution in [0.3, 0.4) is 0 Å². The normalized spacial score (nSPS) is 9.94. The SMILES string of the molecule is C=CC(=O)Nc1cc(OC)c2ncccc2c1. The molecule has 0 radical (unpaired) electrons. The second-order valence-electron chi connectivity index (χ2n) is 3.45. The Balaban J connectivity index is 2.52. The molecule has 4 nitrogen and oxygen atoms in total. The number of carbonyl (C=O) groups excluding carboxylic acids is 1. The van der Waals surface area contributed by atoms with Crippen LogP contribution in [0.2, 0.25) is 0 Å². The van der Waals surface area contributed by atoms with Crippen LogP contribution in [0.4, 0.5) is 5.69 Å². The largest absolute Gasteiger partial charge is 0.494 e. The Morgan fingerprint density at radius 3 is 3.06 bits per heavy atom. The van der Waals surface area contributed by atoms with Crippen LogP contribution in [0.25, 0.3) is 10.9 Å². The zero-order valence-corrected chi connectivity index (χ0v) is 9.43. The molecule has 0 saturated heterocycles. The highest BCUT2D eigenvalue weighted by Gasteiger charge is 2.06. The van der Waals surface area contributed by atoms with Gasteiger partial charge in [-0.3, -0.25) is 9.78 Å². The summed E-state index contributed by atoms with van der Waals surface area (Å²) in [4.78, 5) is 15.5. The van der Waals surface area contributed by atoms with E-state index >= 15 is 0 Å². The molecule has 17 heavy (non-hydrogen) atoms. The zero-order chi connectivity index (χ0) is 12.3. The third-order valence-electron chi connectivity index (χ3n) is 2.34. The van der Waals surface area contributed by atoms with Crippen molar-refractivity contribution in [3.63, 3.8) is 0 Å². The van der Waals surface area contributed by atoms with Crippen molar-refractivity contribution in [1.82, 2.24) is 4.98 Å². The minimum Gasteiger partial charge on any atom is -0.494 e. The van der Waals surface area contributed by atoms with E-state index in [0.29, 0.717) is 11.4 Å². The molecule has 0 spiro atoms. The lowest BCUT2D eigenvalue weighted by molar-refractivity contribution is -0.111. The van der Waals surface area contributed by atoms with Crippen LogP contribution in [0.15, 0.2) is 43.1 Å². The van der Waals surface area contributed by atoms with Gasteiger partial charge in [0.1, 0.15) is 11.3 Å². The summed E-state index contributed by atoms with van der Waals surface area (Å²) in [5.41, 5.74) is 1.43. The van der Waals surface area contributed by atoms with E-state index in [1.165, 1.54) is 6.08 Å². The number of rotatable bonds is 3. The van der Waals surface area contributed by atoms with Gasteiger partial charge >= 0.3 is 0 Å². The van der Waals surface area contributed by atoms with E-state index < -0.39 is 0 Å². The summed E-state index contributed by atoms with van der Waals surface area (Å²) in [5, 5.41) is 3.60. The van der Waals surface area contributed by atoms with Crippen molar-refractivity contribution >= 4 is 22.5 Å². The fourth-order valence-corrected chi connectivity index (χ4v) is 1.58. The molecule has 1 aromatic heterocycles. The number of ether oxygens (including phenoxy) is 1.